The van der Waals surface area contributed by atoms with Crippen molar-refractivity contribution in [2.45, 2.75) is 13.0 Å². The van der Waals surface area contributed by atoms with Crippen LogP contribution in [0.1, 0.15) is 6.92 Å². The Labute approximate surface area is 165 Å². The van der Waals surface area contributed by atoms with Gasteiger partial charge in [-0.05, 0) is 26.1 Å². The molecule has 0 radical (unpaired) electrons. The molecule has 0 aromatic heterocycles. The van der Waals surface area contributed by atoms with Crippen LogP contribution in [0.2, 0.25) is 5.02 Å². The van der Waals surface area contributed by atoms with Crippen LogP contribution in [0.25, 0.3) is 0 Å². The van der Waals surface area contributed by atoms with E-state index in [0.717, 1.165) is 0 Å². The van der Waals surface area contributed by atoms with Gasteiger partial charge in [-0.1, -0.05) is 23.7 Å². The first-order chi connectivity index (χ1) is 12.9. The second-order valence-corrected chi connectivity index (χ2v) is 6.43. The van der Waals surface area contributed by atoms with Crippen LogP contribution in [0.4, 0.5) is 5.69 Å². The zero-order valence-electron chi connectivity index (χ0n) is 16.0. The van der Waals surface area contributed by atoms with Gasteiger partial charge in [0.2, 0.25) is 5.91 Å². The number of carbonyl (C=O) groups excluding carboxylic acids is 1. The molecule has 27 heavy (non-hydrogen) atoms. The lowest BCUT2D eigenvalue weighted by Crippen LogP contribution is -2.41. The highest BCUT2D eigenvalue weighted by atomic mass is 35.5. The molecule has 0 spiro atoms. The van der Waals surface area contributed by atoms with E-state index in [2.05, 4.69) is 5.32 Å². The molecule has 0 saturated carbocycles. The predicted molar refractivity (Wildman–Crippen MR) is 107 cm³/mol. The summed E-state index contributed by atoms with van der Waals surface area (Å²) in [6.07, 6.45) is 0. The molecule has 6 nitrogen and oxygen atoms in total. The van der Waals surface area contributed by atoms with Crippen molar-refractivity contribution in [3.63, 3.8) is 0 Å². The lowest BCUT2D eigenvalue weighted by Gasteiger charge is -2.24. The number of para-hydroxylation sites is 1. The average molecular weight is 393 g/mol. The molecule has 146 valence electrons. The summed E-state index contributed by atoms with van der Waals surface area (Å²) in [5, 5.41) is 3.45. The molecule has 2 rings (SSSR count). The first-order valence-electron chi connectivity index (χ1n) is 8.56. The van der Waals surface area contributed by atoms with Crippen LogP contribution < -0.4 is 19.5 Å². The third-order valence-corrected chi connectivity index (χ3v) is 4.51. The van der Waals surface area contributed by atoms with Crippen LogP contribution in [0, 0.1) is 0 Å². The molecule has 1 atom stereocenters. The van der Waals surface area contributed by atoms with Crippen molar-refractivity contribution in [3.8, 4) is 17.2 Å². The molecule has 0 bridgehead atoms. The molecule has 7 heteroatoms. The number of hydrogen-bond donors (Lipinski definition) is 1. The summed E-state index contributed by atoms with van der Waals surface area (Å²) in [5.74, 6) is 1.72. The molecule has 0 unspecified atom stereocenters. The molecule has 0 aliphatic heterocycles. The van der Waals surface area contributed by atoms with Crippen LogP contribution in [0.3, 0.4) is 0 Å². The van der Waals surface area contributed by atoms with E-state index in [-0.39, 0.29) is 11.9 Å². The van der Waals surface area contributed by atoms with Crippen molar-refractivity contribution in [1.29, 1.82) is 0 Å². The molecule has 0 saturated heterocycles. The summed E-state index contributed by atoms with van der Waals surface area (Å²) >= 11 is 6.07. The molecule has 0 heterocycles. The number of halogens is 1. The minimum absolute atomic E-state index is 0.134. The monoisotopic (exact) mass is 392 g/mol. The van der Waals surface area contributed by atoms with E-state index in [1.807, 2.05) is 37.1 Å². The number of likely N-dealkylation sites (N-methyl/N-ethyl adjacent to an activating group) is 1. The van der Waals surface area contributed by atoms with Gasteiger partial charge in [0.1, 0.15) is 23.9 Å². The Morgan fingerprint density at radius 3 is 2.37 bits per heavy atom. The Kier molecular flexibility index (Phi) is 7.76. The highest BCUT2D eigenvalue weighted by Gasteiger charge is 2.18. The summed E-state index contributed by atoms with van der Waals surface area (Å²) in [7, 11) is 5.00. The van der Waals surface area contributed by atoms with Crippen LogP contribution in [-0.4, -0.2) is 51.3 Å². The van der Waals surface area contributed by atoms with E-state index in [9.17, 15) is 4.79 Å². The third kappa shape index (κ3) is 6.05. The lowest BCUT2D eigenvalue weighted by atomic mass is 10.2. The van der Waals surface area contributed by atoms with Gasteiger partial charge < -0.3 is 19.5 Å². The molecule has 0 aliphatic carbocycles. The first-order valence-corrected chi connectivity index (χ1v) is 8.94. The second kappa shape index (κ2) is 10.0. The number of anilines is 1. The lowest BCUT2D eigenvalue weighted by molar-refractivity contribution is -0.120. The highest BCUT2D eigenvalue weighted by molar-refractivity contribution is 6.32. The van der Waals surface area contributed by atoms with Gasteiger partial charge in [0.25, 0.3) is 0 Å². The zero-order chi connectivity index (χ0) is 19.8. The van der Waals surface area contributed by atoms with Gasteiger partial charge in [0.05, 0.1) is 25.3 Å². The molecule has 0 fully saturated rings. The molecule has 2 aromatic rings. The smallest absolute Gasteiger partial charge is 0.241 e. The Hall–Kier alpha value is -2.44. The summed E-state index contributed by atoms with van der Waals surface area (Å²) in [6.45, 7) is 2.83. The van der Waals surface area contributed by atoms with E-state index < -0.39 is 0 Å². The number of methoxy groups -OCH3 is 2. The fraction of sp³-hybridized carbons (Fsp3) is 0.350. The second-order valence-electron chi connectivity index (χ2n) is 6.03. The Morgan fingerprint density at radius 2 is 1.78 bits per heavy atom. The van der Waals surface area contributed by atoms with E-state index in [0.29, 0.717) is 41.1 Å². The number of nitrogens with zero attached hydrogens (tertiary/aromatic N) is 1. The van der Waals surface area contributed by atoms with E-state index >= 15 is 0 Å². The zero-order valence-corrected chi connectivity index (χ0v) is 16.7. The van der Waals surface area contributed by atoms with E-state index in [1.54, 1.807) is 38.5 Å². The molecule has 2 aromatic carbocycles. The standard InChI is InChI=1S/C20H25ClN2O4/c1-14(23(2)9-10-27-19-8-6-5-7-18(19)21)20(24)22-15-11-16(25-3)13-17(12-15)26-4/h5-8,11-14H,9-10H2,1-4H3,(H,22,24)/t14-/m0/s1. The van der Waals surface area contributed by atoms with Crippen molar-refractivity contribution in [2.24, 2.45) is 0 Å². The summed E-state index contributed by atoms with van der Waals surface area (Å²) in [6, 6.07) is 12.2. The molecule has 0 aliphatic rings. The number of benzene rings is 2. The molecule has 1 amide bonds. The van der Waals surface area contributed by atoms with Crippen molar-refractivity contribution >= 4 is 23.2 Å². The summed E-state index contributed by atoms with van der Waals surface area (Å²) in [5.41, 5.74) is 0.615. The van der Waals surface area contributed by atoms with Crippen LogP contribution in [-0.2, 0) is 4.79 Å². The van der Waals surface area contributed by atoms with E-state index in [1.165, 1.54) is 0 Å². The minimum Gasteiger partial charge on any atom is -0.497 e. The maximum absolute atomic E-state index is 12.5. The molecular formula is C20H25ClN2O4. The molecule has 1 N–H and O–H groups in total. The average Bonchev–Trinajstić information content (AvgIpc) is 2.68. The van der Waals surface area contributed by atoms with Gasteiger partial charge in [-0.3, -0.25) is 9.69 Å². The number of nitrogens with one attached hydrogen (secondary N) is 1. The highest BCUT2D eigenvalue weighted by Crippen LogP contribution is 2.26. The van der Waals surface area contributed by atoms with Gasteiger partial charge in [-0.15, -0.1) is 0 Å². The number of carbonyl (C=O) groups is 1. The Bertz CT molecular complexity index is 747. The van der Waals surface area contributed by atoms with Gasteiger partial charge in [-0.2, -0.15) is 0 Å². The fourth-order valence-corrected chi connectivity index (χ4v) is 2.57. The summed E-state index contributed by atoms with van der Waals surface area (Å²) < 4.78 is 16.1. The third-order valence-electron chi connectivity index (χ3n) is 4.20. The Morgan fingerprint density at radius 1 is 1.15 bits per heavy atom. The van der Waals surface area contributed by atoms with Gasteiger partial charge >= 0.3 is 0 Å². The largest absolute Gasteiger partial charge is 0.497 e. The van der Waals surface area contributed by atoms with Crippen LogP contribution in [0.5, 0.6) is 17.2 Å². The normalized spacial score (nSPS) is 11.8. The number of hydrogen-bond acceptors (Lipinski definition) is 5. The maximum Gasteiger partial charge on any atom is 0.241 e. The van der Waals surface area contributed by atoms with Gasteiger partial charge in [0.15, 0.2) is 0 Å². The summed E-state index contributed by atoms with van der Waals surface area (Å²) in [4.78, 5) is 14.5. The van der Waals surface area contributed by atoms with Crippen molar-refractivity contribution in [1.82, 2.24) is 4.90 Å². The SMILES string of the molecule is COc1cc(NC(=O)[C@H](C)N(C)CCOc2ccccc2Cl)cc(OC)c1. The number of amides is 1. The van der Waals surface area contributed by atoms with Crippen molar-refractivity contribution in [2.75, 3.05) is 39.7 Å². The van der Waals surface area contributed by atoms with Crippen molar-refractivity contribution in [3.05, 3.63) is 47.5 Å². The van der Waals surface area contributed by atoms with Gasteiger partial charge in [-0.25, -0.2) is 0 Å². The van der Waals surface area contributed by atoms with Crippen LogP contribution in [0.15, 0.2) is 42.5 Å². The fourth-order valence-electron chi connectivity index (χ4n) is 2.38. The van der Waals surface area contributed by atoms with Crippen molar-refractivity contribution < 1.29 is 19.0 Å². The number of ether oxygens (including phenoxy) is 3. The minimum atomic E-state index is -0.350. The predicted octanol–water partition coefficient (Wildman–Crippen LogP) is 3.70. The maximum atomic E-state index is 12.5. The first kappa shape index (κ1) is 20.9. The number of rotatable bonds is 9. The van der Waals surface area contributed by atoms with E-state index in [4.69, 9.17) is 25.8 Å². The Balaban J connectivity index is 1.89. The molecular weight excluding hydrogens is 368 g/mol. The van der Waals surface area contributed by atoms with Gasteiger partial charge in [0, 0.05) is 30.4 Å². The van der Waals surface area contributed by atoms with Crippen LogP contribution >= 0.6 is 11.6 Å². The quantitative estimate of drug-likeness (QED) is 0.705. The topological polar surface area (TPSA) is 60.0 Å².